The minimum atomic E-state index is -1.14. The summed E-state index contributed by atoms with van der Waals surface area (Å²) in [6.07, 6.45) is -0.416. The molecule has 116 valence electrons. The first-order valence-electron chi connectivity index (χ1n) is 7.46. The Bertz CT molecular complexity index is 387. The summed E-state index contributed by atoms with van der Waals surface area (Å²) in [6, 6.07) is -0.119. The van der Waals surface area contributed by atoms with Gasteiger partial charge in [0.15, 0.2) is 0 Å². The number of quaternary nitrogens is 1. The van der Waals surface area contributed by atoms with Crippen molar-refractivity contribution in [3.8, 4) is 0 Å². The third-order valence-electron chi connectivity index (χ3n) is 4.58. The standard InChI is InChI=1S/C15H28N2O3/c1-7-16(14(19)20)12-8-9-17(10-12,15(4,5)6)13(18)11(2)3/h11-12H,7-10H2,1-6H3/t12-,17?/m1/s1. The molecule has 0 aromatic heterocycles. The molecule has 20 heavy (non-hydrogen) atoms. The number of amides is 2. The van der Waals surface area contributed by atoms with Gasteiger partial charge in [0.2, 0.25) is 0 Å². The second-order valence-corrected chi connectivity index (χ2v) is 7.03. The molecule has 1 heterocycles. The van der Waals surface area contributed by atoms with E-state index >= 15 is 0 Å². The predicted molar refractivity (Wildman–Crippen MR) is 75.8 cm³/mol. The van der Waals surface area contributed by atoms with Gasteiger partial charge >= 0.3 is 5.91 Å². The molecule has 1 rings (SSSR count). The Labute approximate surface area is 122 Å². The zero-order chi connectivity index (χ0) is 15.7. The largest absolute Gasteiger partial charge is 0.530 e. The first-order valence-corrected chi connectivity index (χ1v) is 7.46. The Kier molecular flexibility index (Phi) is 4.85. The highest BCUT2D eigenvalue weighted by atomic mass is 16.4. The number of likely N-dealkylation sites (tertiary alicyclic amines) is 1. The Morgan fingerprint density at radius 3 is 2.25 bits per heavy atom. The maximum absolute atomic E-state index is 12.7. The lowest BCUT2D eigenvalue weighted by atomic mass is 9.98. The lowest BCUT2D eigenvalue weighted by Gasteiger charge is -2.45. The predicted octanol–water partition coefficient (Wildman–Crippen LogP) is 1.22. The number of carbonyl (C=O) groups excluding carboxylic acids is 2. The summed E-state index contributed by atoms with van der Waals surface area (Å²) >= 11 is 0. The Hall–Kier alpha value is -1.10. The molecule has 1 fully saturated rings. The molecule has 1 unspecified atom stereocenters. The van der Waals surface area contributed by atoms with E-state index < -0.39 is 6.09 Å². The average molecular weight is 284 g/mol. The van der Waals surface area contributed by atoms with E-state index in [9.17, 15) is 14.7 Å². The Morgan fingerprint density at radius 1 is 1.35 bits per heavy atom. The van der Waals surface area contributed by atoms with Crippen LogP contribution in [0, 0.1) is 5.92 Å². The van der Waals surface area contributed by atoms with Crippen LogP contribution in [-0.2, 0) is 4.79 Å². The van der Waals surface area contributed by atoms with E-state index in [1.54, 1.807) is 0 Å². The molecule has 0 aromatic carbocycles. The lowest BCUT2D eigenvalue weighted by molar-refractivity contribution is -0.891. The molecule has 1 aliphatic rings. The van der Waals surface area contributed by atoms with Crippen molar-refractivity contribution in [2.75, 3.05) is 19.6 Å². The maximum atomic E-state index is 12.7. The van der Waals surface area contributed by atoms with E-state index in [2.05, 4.69) is 20.8 Å². The fraction of sp³-hybridized carbons (Fsp3) is 0.867. The molecule has 2 amide bonds. The third kappa shape index (κ3) is 2.82. The van der Waals surface area contributed by atoms with E-state index in [-0.39, 0.29) is 23.4 Å². The molecular weight excluding hydrogens is 256 g/mol. The topological polar surface area (TPSA) is 60.4 Å². The van der Waals surface area contributed by atoms with Crippen molar-refractivity contribution in [3.05, 3.63) is 0 Å². The van der Waals surface area contributed by atoms with Crippen molar-refractivity contribution in [2.24, 2.45) is 5.92 Å². The minimum absolute atomic E-state index is 0.0500. The fourth-order valence-corrected chi connectivity index (χ4v) is 3.34. The monoisotopic (exact) mass is 284 g/mol. The van der Waals surface area contributed by atoms with Crippen LogP contribution in [0.3, 0.4) is 0 Å². The van der Waals surface area contributed by atoms with Crippen molar-refractivity contribution in [1.82, 2.24) is 4.90 Å². The molecule has 1 saturated heterocycles. The fourth-order valence-electron chi connectivity index (χ4n) is 3.34. The highest BCUT2D eigenvalue weighted by Gasteiger charge is 2.53. The summed E-state index contributed by atoms with van der Waals surface area (Å²) in [5.74, 6) is 0.153. The smallest absolute Gasteiger partial charge is 0.316 e. The molecule has 2 atom stereocenters. The number of carboxylic acid groups (broad SMARTS) is 1. The molecule has 0 aliphatic carbocycles. The zero-order valence-electron chi connectivity index (χ0n) is 13.6. The molecular formula is C15H28N2O3. The average Bonchev–Trinajstić information content (AvgIpc) is 2.73. The van der Waals surface area contributed by atoms with E-state index in [1.165, 1.54) is 4.90 Å². The lowest BCUT2D eigenvalue weighted by Crippen LogP contribution is -2.64. The molecule has 0 aromatic rings. The number of likely N-dealkylation sites (N-methyl/N-ethyl adjacent to an activating group) is 1. The zero-order valence-corrected chi connectivity index (χ0v) is 13.6. The van der Waals surface area contributed by atoms with Crippen molar-refractivity contribution in [1.29, 1.82) is 0 Å². The highest BCUT2D eigenvalue weighted by molar-refractivity contribution is 5.72. The third-order valence-corrected chi connectivity index (χ3v) is 4.58. The maximum Gasteiger partial charge on any atom is 0.316 e. The van der Waals surface area contributed by atoms with Crippen LogP contribution < -0.4 is 5.11 Å². The van der Waals surface area contributed by atoms with Gasteiger partial charge in [0.25, 0.3) is 0 Å². The summed E-state index contributed by atoms with van der Waals surface area (Å²) < 4.78 is 0.360. The van der Waals surface area contributed by atoms with Gasteiger partial charge in [0.05, 0.1) is 24.0 Å². The number of nitrogens with zero attached hydrogens (tertiary/aromatic N) is 2. The second-order valence-electron chi connectivity index (χ2n) is 7.03. The van der Waals surface area contributed by atoms with Crippen LogP contribution in [0.15, 0.2) is 0 Å². The molecule has 0 N–H and O–H groups in total. The molecule has 0 radical (unpaired) electrons. The minimum Gasteiger partial charge on any atom is -0.530 e. The van der Waals surface area contributed by atoms with Crippen LogP contribution in [0.4, 0.5) is 4.79 Å². The summed E-state index contributed by atoms with van der Waals surface area (Å²) in [5.41, 5.74) is -0.221. The first-order chi connectivity index (χ1) is 9.06. The van der Waals surface area contributed by atoms with Gasteiger partial charge in [0.1, 0.15) is 12.6 Å². The van der Waals surface area contributed by atoms with Gasteiger partial charge in [-0.05, 0) is 41.5 Å². The Balaban J connectivity index is 3.08. The van der Waals surface area contributed by atoms with Crippen LogP contribution in [0.2, 0.25) is 0 Å². The van der Waals surface area contributed by atoms with Crippen molar-refractivity contribution >= 4 is 12.0 Å². The van der Waals surface area contributed by atoms with Gasteiger partial charge in [-0.3, -0.25) is 4.48 Å². The molecule has 0 spiro atoms. The summed E-state index contributed by atoms with van der Waals surface area (Å²) in [6.45, 7) is 13.5. The normalized spacial score (nSPS) is 26.9. The SMILES string of the molecule is CCN(C(=O)[O-])[C@@H]1CC[N+](C(=O)C(C)C)(C(C)(C)C)C1. The summed E-state index contributed by atoms with van der Waals surface area (Å²) in [5, 5.41) is 11.2. The van der Waals surface area contributed by atoms with Gasteiger partial charge < -0.3 is 14.8 Å². The van der Waals surface area contributed by atoms with Crippen LogP contribution in [0.1, 0.15) is 48.0 Å². The van der Waals surface area contributed by atoms with Gasteiger partial charge in [-0.15, -0.1) is 0 Å². The van der Waals surface area contributed by atoms with E-state index in [0.717, 1.165) is 6.42 Å². The van der Waals surface area contributed by atoms with Crippen molar-refractivity contribution in [2.45, 2.75) is 59.5 Å². The van der Waals surface area contributed by atoms with Gasteiger partial charge in [-0.2, -0.15) is 0 Å². The summed E-state index contributed by atoms with van der Waals surface area (Å²) in [7, 11) is 0. The van der Waals surface area contributed by atoms with Gasteiger partial charge in [-0.25, -0.2) is 4.79 Å². The molecule has 1 aliphatic heterocycles. The number of carbonyl (C=O) groups is 2. The molecule has 5 heteroatoms. The highest BCUT2D eigenvalue weighted by Crippen LogP contribution is 2.35. The van der Waals surface area contributed by atoms with Crippen LogP contribution in [0.25, 0.3) is 0 Å². The van der Waals surface area contributed by atoms with Crippen molar-refractivity contribution < 1.29 is 19.2 Å². The van der Waals surface area contributed by atoms with E-state index in [0.29, 0.717) is 24.1 Å². The van der Waals surface area contributed by atoms with Gasteiger partial charge in [0, 0.05) is 13.0 Å². The van der Waals surface area contributed by atoms with Crippen LogP contribution in [0.5, 0.6) is 0 Å². The number of rotatable bonds is 3. The summed E-state index contributed by atoms with van der Waals surface area (Å²) in [4.78, 5) is 25.3. The molecule has 0 bridgehead atoms. The van der Waals surface area contributed by atoms with E-state index in [1.807, 2.05) is 20.8 Å². The molecule has 5 nitrogen and oxygen atoms in total. The Morgan fingerprint density at radius 2 is 1.90 bits per heavy atom. The van der Waals surface area contributed by atoms with Crippen LogP contribution >= 0.6 is 0 Å². The van der Waals surface area contributed by atoms with Crippen molar-refractivity contribution in [3.63, 3.8) is 0 Å². The quantitative estimate of drug-likeness (QED) is 0.732. The van der Waals surface area contributed by atoms with Crippen LogP contribution in [-0.4, -0.2) is 52.6 Å². The number of hydrogen-bond donors (Lipinski definition) is 0. The van der Waals surface area contributed by atoms with Gasteiger partial charge in [-0.1, -0.05) is 0 Å². The van der Waals surface area contributed by atoms with E-state index in [4.69, 9.17) is 0 Å². The molecule has 0 saturated carbocycles. The second kappa shape index (κ2) is 5.72. The number of hydrogen-bond acceptors (Lipinski definition) is 3. The first kappa shape index (κ1) is 17.0.